The zero-order valence-electron chi connectivity index (χ0n) is 5.70. The molecule has 3 nitrogen and oxygen atoms in total. The Hall–Kier alpha value is -1.03. The van der Waals surface area contributed by atoms with Gasteiger partial charge in [-0.15, -0.1) is 11.8 Å². The topological polar surface area (TPSA) is 55.5 Å². The van der Waals surface area contributed by atoms with Crippen LogP contribution in [0, 0.1) is 0 Å². The summed E-state index contributed by atoms with van der Waals surface area (Å²) in [5, 5.41) is 0. The maximum absolute atomic E-state index is 10.7. The third-order valence-corrected chi connectivity index (χ3v) is 2.47. The monoisotopic (exact) mass is 166 g/mol. The molecule has 0 radical (unpaired) electrons. The van der Waals surface area contributed by atoms with Crippen LogP contribution in [0.5, 0.6) is 0 Å². The van der Waals surface area contributed by atoms with Gasteiger partial charge in [0.05, 0.1) is 11.6 Å². The summed E-state index contributed by atoms with van der Waals surface area (Å²) in [4.78, 5) is 15.9. The molecule has 0 saturated carbocycles. The van der Waals surface area contributed by atoms with Crippen molar-refractivity contribution in [1.29, 1.82) is 0 Å². The number of allylic oxidation sites excluding steroid dienone is 2. The van der Waals surface area contributed by atoms with E-state index in [-0.39, 0.29) is 5.91 Å². The van der Waals surface area contributed by atoms with E-state index in [9.17, 15) is 4.79 Å². The number of nitrogens with zero attached hydrogens (tertiary/aromatic N) is 1. The number of fused-ring (bicyclic) bond motifs is 1. The van der Waals surface area contributed by atoms with Gasteiger partial charge in [0.15, 0.2) is 0 Å². The lowest BCUT2D eigenvalue weighted by atomic mass is 10.3. The molecule has 2 rings (SSSR count). The van der Waals surface area contributed by atoms with Crippen LogP contribution in [0.1, 0.15) is 0 Å². The first-order valence-corrected chi connectivity index (χ1v) is 4.17. The van der Waals surface area contributed by atoms with Gasteiger partial charge in [-0.3, -0.25) is 9.79 Å². The van der Waals surface area contributed by atoms with Crippen LogP contribution in [0.4, 0.5) is 0 Å². The number of thioether (sulfide) groups is 1. The summed E-state index contributed by atoms with van der Waals surface area (Å²) >= 11 is 1.63. The fourth-order valence-electron chi connectivity index (χ4n) is 1.03. The number of hydrogen-bond acceptors (Lipinski definition) is 3. The number of primary amides is 1. The molecule has 11 heavy (non-hydrogen) atoms. The highest BCUT2D eigenvalue weighted by molar-refractivity contribution is 8.04. The molecule has 0 unspecified atom stereocenters. The molecule has 0 saturated heterocycles. The number of hydrogen-bond donors (Lipinski definition) is 1. The first kappa shape index (κ1) is 6.67. The van der Waals surface area contributed by atoms with E-state index in [2.05, 4.69) is 4.99 Å². The molecule has 0 aromatic rings. The van der Waals surface area contributed by atoms with Gasteiger partial charge >= 0.3 is 0 Å². The Morgan fingerprint density at radius 1 is 1.64 bits per heavy atom. The van der Waals surface area contributed by atoms with Gasteiger partial charge in [-0.2, -0.15) is 0 Å². The van der Waals surface area contributed by atoms with E-state index in [1.807, 2.05) is 0 Å². The van der Waals surface area contributed by atoms with Gasteiger partial charge in [0.2, 0.25) is 5.91 Å². The van der Waals surface area contributed by atoms with Crippen LogP contribution in [-0.4, -0.2) is 17.5 Å². The SMILES string of the molecule is NC(=O)C1=CC2=NCSC2=C1. The normalized spacial score (nSPS) is 20.5. The molecule has 0 spiro atoms. The van der Waals surface area contributed by atoms with E-state index in [0.717, 1.165) is 16.5 Å². The number of carbonyl (C=O) groups is 1. The third kappa shape index (κ3) is 0.991. The van der Waals surface area contributed by atoms with Crippen LogP contribution in [0.25, 0.3) is 0 Å². The maximum atomic E-state index is 10.7. The minimum atomic E-state index is -0.379. The molecule has 0 aromatic carbocycles. The van der Waals surface area contributed by atoms with Crippen LogP contribution in [0.15, 0.2) is 27.6 Å². The van der Waals surface area contributed by atoms with Crippen molar-refractivity contribution in [3.05, 3.63) is 22.6 Å². The number of carbonyl (C=O) groups excluding carboxylic acids is 1. The van der Waals surface area contributed by atoms with Gasteiger partial charge in [-0.25, -0.2) is 0 Å². The second kappa shape index (κ2) is 2.23. The molecule has 0 aromatic heterocycles. The van der Waals surface area contributed by atoms with Crippen LogP contribution < -0.4 is 5.73 Å². The second-order valence-corrected chi connectivity index (χ2v) is 3.28. The van der Waals surface area contributed by atoms with E-state index in [1.54, 1.807) is 23.9 Å². The minimum Gasteiger partial charge on any atom is -0.366 e. The summed E-state index contributed by atoms with van der Waals surface area (Å²) < 4.78 is 0. The lowest BCUT2D eigenvalue weighted by Gasteiger charge is -1.87. The summed E-state index contributed by atoms with van der Waals surface area (Å²) in [6.45, 7) is 0. The Bertz CT molecular complexity index is 312. The fraction of sp³-hybridized carbons (Fsp3) is 0.143. The van der Waals surface area contributed by atoms with Gasteiger partial charge in [-0.05, 0) is 12.2 Å². The molecule has 2 N–H and O–H groups in total. The molecule has 1 amide bonds. The molecule has 0 atom stereocenters. The molecule has 1 aliphatic heterocycles. The highest BCUT2D eigenvalue weighted by Crippen LogP contribution is 2.30. The number of nitrogens with two attached hydrogens (primary N) is 1. The highest BCUT2D eigenvalue weighted by Gasteiger charge is 2.20. The zero-order chi connectivity index (χ0) is 7.84. The maximum Gasteiger partial charge on any atom is 0.248 e. The van der Waals surface area contributed by atoms with E-state index in [1.165, 1.54) is 0 Å². The number of rotatable bonds is 1. The predicted octanol–water partition coefficient (Wildman–Crippen LogP) is 0.441. The Kier molecular flexibility index (Phi) is 1.35. The summed E-state index contributed by atoms with van der Waals surface area (Å²) in [6, 6.07) is 0. The van der Waals surface area contributed by atoms with Crippen LogP contribution >= 0.6 is 11.8 Å². The molecule has 0 bridgehead atoms. The van der Waals surface area contributed by atoms with Gasteiger partial charge in [0, 0.05) is 10.5 Å². The van der Waals surface area contributed by atoms with Crippen LogP contribution in [0.2, 0.25) is 0 Å². The van der Waals surface area contributed by atoms with E-state index in [0.29, 0.717) is 5.57 Å². The quantitative estimate of drug-likeness (QED) is 0.614. The van der Waals surface area contributed by atoms with Crippen molar-refractivity contribution < 1.29 is 4.79 Å². The molecule has 0 fully saturated rings. The van der Waals surface area contributed by atoms with Crippen molar-refractivity contribution in [2.45, 2.75) is 0 Å². The summed E-state index contributed by atoms with van der Waals surface area (Å²) in [7, 11) is 0. The van der Waals surface area contributed by atoms with Crippen LogP contribution in [0.3, 0.4) is 0 Å². The summed E-state index contributed by atoms with van der Waals surface area (Å²) in [6.07, 6.45) is 3.52. The first-order valence-electron chi connectivity index (χ1n) is 3.18. The second-order valence-electron chi connectivity index (χ2n) is 2.29. The summed E-state index contributed by atoms with van der Waals surface area (Å²) in [5.74, 6) is 0.388. The summed E-state index contributed by atoms with van der Waals surface area (Å²) in [5.41, 5.74) is 6.55. The Morgan fingerprint density at radius 2 is 2.45 bits per heavy atom. The lowest BCUT2D eigenvalue weighted by Crippen LogP contribution is -2.11. The van der Waals surface area contributed by atoms with Crippen molar-refractivity contribution in [2.75, 3.05) is 5.88 Å². The first-order chi connectivity index (χ1) is 5.27. The highest BCUT2D eigenvalue weighted by atomic mass is 32.2. The molecule has 1 heterocycles. The Balaban J connectivity index is 2.38. The van der Waals surface area contributed by atoms with Gasteiger partial charge < -0.3 is 5.73 Å². The van der Waals surface area contributed by atoms with Crippen molar-refractivity contribution in [3.63, 3.8) is 0 Å². The van der Waals surface area contributed by atoms with Gasteiger partial charge in [0.1, 0.15) is 0 Å². The molecule has 2 aliphatic rings. The Labute approximate surface area is 68.1 Å². The average molecular weight is 166 g/mol. The lowest BCUT2D eigenvalue weighted by molar-refractivity contribution is -0.114. The number of aliphatic imine (C=N–C) groups is 1. The standard InChI is InChI=1S/C7H6N2OS/c8-7(10)4-1-5-6(2-4)11-3-9-5/h1-2H,3H2,(H2,8,10). The molecular weight excluding hydrogens is 160 g/mol. The van der Waals surface area contributed by atoms with Crippen LogP contribution in [-0.2, 0) is 4.79 Å². The zero-order valence-corrected chi connectivity index (χ0v) is 6.52. The van der Waals surface area contributed by atoms with E-state index in [4.69, 9.17) is 5.73 Å². The van der Waals surface area contributed by atoms with Gasteiger partial charge in [-0.1, -0.05) is 0 Å². The average Bonchev–Trinajstić information content (AvgIpc) is 2.40. The van der Waals surface area contributed by atoms with E-state index >= 15 is 0 Å². The molecule has 1 aliphatic carbocycles. The van der Waals surface area contributed by atoms with Crippen molar-refractivity contribution >= 4 is 23.4 Å². The molecular formula is C7H6N2OS. The predicted molar refractivity (Wildman–Crippen MR) is 45.3 cm³/mol. The molecule has 56 valence electrons. The van der Waals surface area contributed by atoms with Crippen molar-refractivity contribution in [3.8, 4) is 0 Å². The third-order valence-electron chi connectivity index (χ3n) is 1.57. The Morgan fingerprint density at radius 3 is 3.09 bits per heavy atom. The largest absolute Gasteiger partial charge is 0.366 e. The fourth-order valence-corrected chi connectivity index (χ4v) is 1.85. The van der Waals surface area contributed by atoms with Crippen molar-refractivity contribution in [1.82, 2.24) is 0 Å². The van der Waals surface area contributed by atoms with Crippen molar-refractivity contribution in [2.24, 2.45) is 10.7 Å². The van der Waals surface area contributed by atoms with E-state index < -0.39 is 0 Å². The smallest absolute Gasteiger partial charge is 0.248 e. The van der Waals surface area contributed by atoms with Gasteiger partial charge in [0.25, 0.3) is 0 Å². The minimum absolute atomic E-state index is 0.379. The molecule has 4 heteroatoms. The number of amides is 1.